The molecule has 3 heterocycles. The van der Waals surface area contributed by atoms with Crippen molar-refractivity contribution in [3.05, 3.63) is 11.6 Å². The monoisotopic (exact) mass is 346 g/mol. The SMILES string of the molecule is CCNc1nc2sccn2c1S(=O)(=O)NCC1CCCS1. The van der Waals surface area contributed by atoms with Crippen molar-refractivity contribution >= 4 is 43.9 Å². The highest BCUT2D eigenvalue weighted by molar-refractivity contribution is 8.00. The maximum Gasteiger partial charge on any atom is 0.260 e. The zero-order valence-corrected chi connectivity index (χ0v) is 14.2. The standard InChI is InChI=1S/C12H18N4O2S3/c1-2-13-10-11(16-5-7-20-12(16)15-10)21(17,18)14-8-9-4-3-6-19-9/h5,7,9,13-14H,2-4,6,8H2,1H3. The number of sulfonamides is 1. The van der Waals surface area contributed by atoms with Gasteiger partial charge in [0.2, 0.25) is 0 Å². The quantitative estimate of drug-likeness (QED) is 0.837. The summed E-state index contributed by atoms with van der Waals surface area (Å²) < 4.78 is 29.7. The van der Waals surface area contributed by atoms with E-state index in [0.717, 1.165) is 12.2 Å². The average Bonchev–Trinajstić information content (AvgIpc) is 3.12. The Labute approximate surface area is 132 Å². The van der Waals surface area contributed by atoms with Crippen LogP contribution in [-0.2, 0) is 10.0 Å². The Bertz CT molecular complexity index is 716. The minimum Gasteiger partial charge on any atom is -0.368 e. The number of hydrogen-bond donors (Lipinski definition) is 2. The average molecular weight is 347 g/mol. The smallest absolute Gasteiger partial charge is 0.260 e. The van der Waals surface area contributed by atoms with Crippen LogP contribution < -0.4 is 10.0 Å². The molecule has 1 aliphatic rings. The summed E-state index contributed by atoms with van der Waals surface area (Å²) >= 11 is 3.26. The molecule has 1 saturated heterocycles. The normalized spacial score (nSPS) is 19.4. The van der Waals surface area contributed by atoms with E-state index in [2.05, 4.69) is 15.0 Å². The highest BCUT2D eigenvalue weighted by atomic mass is 32.2. The number of thioether (sulfide) groups is 1. The van der Waals surface area contributed by atoms with E-state index in [9.17, 15) is 8.42 Å². The summed E-state index contributed by atoms with van der Waals surface area (Å²) in [5.74, 6) is 1.55. The fraction of sp³-hybridized carbons (Fsp3) is 0.583. The Hall–Kier alpha value is -0.770. The molecular formula is C12H18N4O2S3. The molecule has 2 aromatic rings. The molecule has 1 atom stereocenters. The lowest BCUT2D eigenvalue weighted by Gasteiger charge is -2.11. The van der Waals surface area contributed by atoms with Crippen molar-refractivity contribution < 1.29 is 8.42 Å². The van der Waals surface area contributed by atoms with Crippen molar-refractivity contribution in [2.75, 3.05) is 24.2 Å². The number of fused-ring (bicyclic) bond motifs is 1. The number of nitrogens with zero attached hydrogens (tertiary/aromatic N) is 2. The lowest BCUT2D eigenvalue weighted by Crippen LogP contribution is -2.31. The Kier molecular flexibility index (Phi) is 4.43. The van der Waals surface area contributed by atoms with Crippen LogP contribution in [0.15, 0.2) is 16.6 Å². The lowest BCUT2D eigenvalue weighted by molar-refractivity contribution is 0.574. The molecule has 1 fully saturated rings. The van der Waals surface area contributed by atoms with E-state index in [-0.39, 0.29) is 5.03 Å². The zero-order chi connectivity index (χ0) is 14.9. The molecule has 3 rings (SSSR count). The van der Waals surface area contributed by atoms with Gasteiger partial charge in [0, 0.05) is 29.9 Å². The Morgan fingerprint density at radius 3 is 3.10 bits per heavy atom. The highest BCUT2D eigenvalue weighted by Gasteiger charge is 2.27. The number of anilines is 1. The second-order valence-electron chi connectivity index (χ2n) is 4.84. The molecule has 0 bridgehead atoms. The third-order valence-electron chi connectivity index (χ3n) is 3.34. The topological polar surface area (TPSA) is 75.5 Å². The van der Waals surface area contributed by atoms with E-state index in [1.165, 1.54) is 17.8 Å². The Morgan fingerprint density at radius 2 is 2.38 bits per heavy atom. The fourth-order valence-electron chi connectivity index (χ4n) is 2.38. The summed E-state index contributed by atoms with van der Waals surface area (Å²) in [4.78, 5) is 5.04. The second-order valence-corrected chi connectivity index (χ2v) is 8.80. The van der Waals surface area contributed by atoms with Crippen LogP contribution in [0.4, 0.5) is 5.82 Å². The van der Waals surface area contributed by atoms with Crippen LogP contribution in [0.2, 0.25) is 0 Å². The van der Waals surface area contributed by atoms with Gasteiger partial charge in [-0.25, -0.2) is 18.1 Å². The van der Waals surface area contributed by atoms with Gasteiger partial charge in [0.05, 0.1) is 0 Å². The Morgan fingerprint density at radius 1 is 1.52 bits per heavy atom. The minimum atomic E-state index is -3.57. The van der Waals surface area contributed by atoms with Gasteiger partial charge < -0.3 is 5.32 Å². The van der Waals surface area contributed by atoms with Crippen molar-refractivity contribution in [1.82, 2.24) is 14.1 Å². The van der Waals surface area contributed by atoms with Crippen LogP contribution in [0, 0.1) is 0 Å². The van der Waals surface area contributed by atoms with Gasteiger partial charge in [-0.2, -0.15) is 11.8 Å². The van der Waals surface area contributed by atoms with E-state index < -0.39 is 10.0 Å². The number of nitrogens with one attached hydrogen (secondary N) is 2. The first kappa shape index (κ1) is 15.1. The van der Waals surface area contributed by atoms with Crippen molar-refractivity contribution in [1.29, 1.82) is 0 Å². The number of imidazole rings is 1. The van der Waals surface area contributed by atoms with Crippen LogP contribution in [-0.4, -0.2) is 41.9 Å². The first-order valence-corrected chi connectivity index (χ1v) is 10.3. The molecule has 0 spiro atoms. The summed E-state index contributed by atoms with van der Waals surface area (Å²) in [6, 6.07) is 0. The number of hydrogen-bond acceptors (Lipinski definition) is 6. The molecule has 0 amide bonds. The number of aromatic nitrogens is 2. The third-order valence-corrected chi connectivity index (χ3v) is 6.94. The van der Waals surface area contributed by atoms with Crippen LogP contribution in [0.5, 0.6) is 0 Å². The van der Waals surface area contributed by atoms with E-state index in [4.69, 9.17) is 0 Å². The van der Waals surface area contributed by atoms with Gasteiger partial charge in [-0.15, -0.1) is 11.3 Å². The molecule has 0 radical (unpaired) electrons. The van der Waals surface area contributed by atoms with Gasteiger partial charge in [-0.05, 0) is 25.5 Å². The number of rotatable bonds is 6. The molecule has 0 aliphatic carbocycles. The van der Waals surface area contributed by atoms with Crippen molar-refractivity contribution in [2.45, 2.75) is 30.0 Å². The summed E-state index contributed by atoms with van der Waals surface area (Å²) in [5, 5.41) is 5.47. The van der Waals surface area contributed by atoms with E-state index in [0.29, 0.717) is 29.1 Å². The zero-order valence-electron chi connectivity index (χ0n) is 11.7. The van der Waals surface area contributed by atoms with Crippen molar-refractivity contribution in [2.24, 2.45) is 0 Å². The molecule has 21 heavy (non-hydrogen) atoms. The van der Waals surface area contributed by atoms with Crippen LogP contribution in [0.3, 0.4) is 0 Å². The lowest BCUT2D eigenvalue weighted by atomic mass is 10.2. The van der Waals surface area contributed by atoms with Gasteiger partial charge in [-0.1, -0.05) is 0 Å². The van der Waals surface area contributed by atoms with Crippen molar-refractivity contribution in [3.63, 3.8) is 0 Å². The summed E-state index contributed by atoms with van der Waals surface area (Å²) in [6.07, 6.45) is 3.99. The van der Waals surface area contributed by atoms with Gasteiger partial charge in [0.1, 0.15) is 0 Å². The molecule has 0 aromatic carbocycles. The largest absolute Gasteiger partial charge is 0.368 e. The summed E-state index contributed by atoms with van der Waals surface area (Å²) in [6.45, 7) is 3.04. The predicted molar refractivity (Wildman–Crippen MR) is 87.9 cm³/mol. The van der Waals surface area contributed by atoms with Gasteiger partial charge in [0.15, 0.2) is 15.8 Å². The van der Waals surface area contributed by atoms with Crippen LogP contribution in [0.1, 0.15) is 19.8 Å². The van der Waals surface area contributed by atoms with Crippen LogP contribution in [0.25, 0.3) is 4.96 Å². The molecule has 0 saturated carbocycles. The molecule has 116 valence electrons. The third kappa shape index (κ3) is 3.05. The first-order chi connectivity index (χ1) is 10.1. The van der Waals surface area contributed by atoms with Gasteiger partial charge in [-0.3, -0.25) is 4.40 Å². The molecule has 2 aromatic heterocycles. The van der Waals surface area contributed by atoms with E-state index in [1.54, 1.807) is 10.6 Å². The maximum absolute atomic E-state index is 12.6. The fourth-order valence-corrected chi connectivity index (χ4v) is 5.80. The summed E-state index contributed by atoms with van der Waals surface area (Å²) in [7, 11) is -3.57. The Balaban J connectivity index is 1.89. The van der Waals surface area contributed by atoms with Crippen molar-refractivity contribution in [3.8, 4) is 0 Å². The molecular weight excluding hydrogens is 328 g/mol. The maximum atomic E-state index is 12.6. The predicted octanol–water partition coefficient (Wildman–Crippen LogP) is 2.00. The summed E-state index contributed by atoms with van der Waals surface area (Å²) in [5.41, 5.74) is 0. The molecule has 9 heteroatoms. The van der Waals surface area contributed by atoms with E-state index >= 15 is 0 Å². The molecule has 1 unspecified atom stereocenters. The molecule has 6 nitrogen and oxygen atoms in total. The van der Waals surface area contributed by atoms with E-state index in [1.807, 2.05) is 24.1 Å². The van der Waals surface area contributed by atoms with Gasteiger partial charge in [0.25, 0.3) is 10.0 Å². The second kappa shape index (κ2) is 6.15. The molecule has 2 N–H and O–H groups in total. The van der Waals surface area contributed by atoms with Gasteiger partial charge >= 0.3 is 0 Å². The first-order valence-electron chi connectivity index (χ1n) is 6.92. The van der Waals surface area contributed by atoms with Crippen LogP contribution >= 0.6 is 23.1 Å². The minimum absolute atomic E-state index is 0.212. The highest BCUT2D eigenvalue weighted by Crippen LogP contribution is 2.28. The molecule has 1 aliphatic heterocycles. The number of thiazole rings is 1.